The van der Waals surface area contributed by atoms with Gasteiger partial charge in [0, 0.05) is 35.0 Å². The van der Waals surface area contributed by atoms with E-state index >= 15 is 0 Å². The Kier molecular flexibility index (Phi) is 3.97. The molecule has 2 aromatic rings. The van der Waals surface area contributed by atoms with E-state index < -0.39 is 0 Å². The Bertz CT molecular complexity index is 494. The van der Waals surface area contributed by atoms with Gasteiger partial charge in [0.25, 0.3) is 0 Å². The number of nitrogens with one attached hydrogen (secondary N) is 1. The molecule has 94 valence electrons. The molecule has 0 saturated carbocycles. The number of hydrogen-bond acceptors (Lipinski definition) is 3. The molecule has 1 N–H and O–H groups in total. The Morgan fingerprint density at radius 3 is 2.67 bits per heavy atom. The van der Waals surface area contributed by atoms with Crippen molar-refractivity contribution in [3.8, 4) is 0 Å². The summed E-state index contributed by atoms with van der Waals surface area (Å²) in [5, 5.41) is 3.35. The maximum absolute atomic E-state index is 4.30. The van der Waals surface area contributed by atoms with Gasteiger partial charge in [-0.05, 0) is 39.7 Å². The monoisotopic (exact) mass is 305 g/mol. The summed E-state index contributed by atoms with van der Waals surface area (Å²) in [6.45, 7) is 5.19. The van der Waals surface area contributed by atoms with E-state index in [1.807, 2.05) is 24.4 Å². The second-order valence-electron chi connectivity index (χ2n) is 4.84. The molecule has 0 spiro atoms. The van der Waals surface area contributed by atoms with Gasteiger partial charge in [-0.1, -0.05) is 19.9 Å². The van der Waals surface area contributed by atoms with Crippen LogP contribution in [0.15, 0.2) is 47.3 Å². The van der Waals surface area contributed by atoms with Crippen LogP contribution in [0.25, 0.3) is 0 Å². The Labute approximate surface area is 116 Å². The number of nitrogens with zero attached hydrogens (tertiary/aromatic N) is 2. The summed E-state index contributed by atoms with van der Waals surface area (Å²) in [5.41, 5.74) is 1.23. The van der Waals surface area contributed by atoms with Crippen molar-refractivity contribution in [3.63, 3.8) is 0 Å². The normalized spacial score (nSPS) is 11.3. The third-order valence-corrected chi connectivity index (χ3v) is 3.35. The summed E-state index contributed by atoms with van der Waals surface area (Å²) < 4.78 is 0.986. The topological polar surface area (TPSA) is 37.8 Å². The summed E-state index contributed by atoms with van der Waals surface area (Å²) in [5.74, 6) is 0.884. The molecule has 4 heteroatoms. The molecule has 3 nitrogen and oxygen atoms in total. The quantitative estimate of drug-likeness (QED) is 0.937. The van der Waals surface area contributed by atoms with Gasteiger partial charge in [0.05, 0.1) is 0 Å². The molecule has 0 bridgehead atoms. The van der Waals surface area contributed by atoms with Crippen LogP contribution in [0.5, 0.6) is 0 Å². The zero-order valence-corrected chi connectivity index (χ0v) is 12.1. The molecule has 0 aliphatic rings. The minimum absolute atomic E-state index is 0.0169. The van der Waals surface area contributed by atoms with Gasteiger partial charge in [-0.3, -0.25) is 4.98 Å². The minimum atomic E-state index is 0.0169. The van der Waals surface area contributed by atoms with Gasteiger partial charge in [0.15, 0.2) is 0 Å². The van der Waals surface area contributed by atoms with Crippen LogP contribution >= 0.6 is 15.9 Å². The second-order valence-corrected chi connectivity index (χ2v) is 5.76. The molecule has 0 amide bonds. The van der Waals surface area contributed by atoms with Gasteiger partial charge in [-0.15, -0.1) is 0 Å². The number of rotatable bonds is 4. The van der Waals surface area contributed by atoms with E-state index in [0.717, 1.165) is 16.8 Å². The molecule has 0 aromatic carbocycles. The predicted molar refractivity (Wildman–Crippen MR) is 77.7 cm³/mol. The average Bonchev–Trinajstić information content (AvgIpc) is 2.39. The van der Waals surface area contributed by atoms with Crippen molar-refractivity contribution in [2.24, 2.45) is 0 Å². The van der Waals surface area contributed by atoms with Crippen molar-refractivity contribution < 1.29 is 0 Å². The fourth-order valence-electron chi connectivity index (χ4n) is 1.66. The van der Waals surface area contributed by atoms with Crippen LogP contribution in [0.3, 0.4) is 0 Å². The largest absolute Gasteiger partial charge is 0.369 e. The SMILES string of the molecule is CC(C)(CNc1ccc(Br)cn1)c1cccnc1. The predicted octanol–water partition coefficient (Wildman–Crippen LogP) is 3.63. The maximum atomic E-state index is 4.30. The molecule has 0 atom stereocenters. The summed E-state index contributed by atoms with van der Waals surface area (Å²) in [6.07, 6.45) is 5.50. The highest BCUT2D eigenvalue weighted by Crippen LogP contribution is 2.22. The van der Waals surface area contributed by atoms with Crippen LogP contribution < -0.4 is 5.32 Å². The molecular formula is C14H16BrN3. The standard InChI is InChI=1S/C14H16BrN3/c1-14(2,11-4-3-7-16-8-11)10-18-13-6-5-12(15)9-17-13/h3-9H,10H2,1-2H3,(H,17,18). The molecule has 2 heterocycles. The summed E-state index contributed by atoms with van der Waals surface area (Å²) in [7, 11) is 0. The Morgan fingerprint density at radius 2 is 2.06 bits per heavy atom. The number of halogens is 1. The lowest BCUT2D eigenvalue weighted by Crippen LogP contribution is -2.28. The van der Waals surface area contributed by atoms with Crippen LogP contribution in [0.1, 0.15) is 19.4 Å². The van der Waals surface area contributed by atoms with Crippen LogP contribution in [0.4, 0.5) is 5.82 Å². The molecular weight excluding hydrogens is 290 g/mol. The van der Waals surface area contributed by atoms with E-state index in [2.05, 4.69) is 51.1 Å². The Morgan fingerprint density at radius 1 is 1.22 bits per heavy atom. The van der Waals surface area contributed by atoms with Crippen LogP contribution in [0.2, 0.25) is 0 Å². The highest BCUT2D eigenvalue weighted by atomic mass is 79.9. The minimum Gasteiger partial charge on any atom is -0.369 e. The fraction of sp³-hybridized carbons (Fsp3) is 0.286. The van der Waals surface area contributed by atoms with Crippen LogP contribution in [-0.2, 0) is 5.41 Å². The number of aromatic nitrogens is 2. The third-order valence-electron chi connectivity index (χ3n) is 2.88. The molecule has 0 aliphatic carbocycles. The molecule has 2 rings (SSSR count). The van der Waals surface area contributed by atoms with Crippen molar-refractivity contribution in [2.45, 2.75) is 19.3 Å². The number of hydrogen-bond donors (Lipinski definition) is 1. The lowest BCUT2D eigenvalue weighted by atomic mass is 9.86. The second kappa shape index (κ2) is 5.48. The molecule has 0 aliphatic heterocycles. The van der Waals surface area contributed by atoms with Gasteiger partial charge in [0.1, 0.15) is 5.82 Å². The Balaban J connectivity index is 2.03. The van der Waals surface area contributed by atoms with Crippen LogP contribution in [-0.4, -0.2) is 16.5 Å². The first kappa shape index (κ1) is 13.0. The van der Waals surface area contributed by atoms with Gasteiger partial charge >= 0.3 is 0 Å². The highest BCUT2D eigenvalue weighted by Gasteiger charge is 2.20. The lowest BCUT2D eigenvalue weighted by molar-refractivity contribution is 0.554. The molecule has 2 aromatic heterocycles. The van der Waals surface area contributed by atoms with E-state index in [1.165, 1.54) is 5.56 Å². The van der Waals surface area contributed by atoms with Crippen molar-refractivity contribution >= 4 is 21.7 Å². The van der Waals surface area contributed by atoms with Gasteiger partial charge < -0.3 is 5.32 Å². The Hall–Kier alpha value is -1.42. The van der Waals surface area contributed by atoms with Crippen molar-refractivity contribution in [3.05, 3.63) is 52.9 Å². The first-order valence-electron chi connectivity index (χ1n) is 5.84. The van der Waals surface area contributed by atoms with Gasteiger partial charge in [0.2, 0.25) is 0 Å². The molecule has 0 saturated heterocycles. The maximum Gasteiger partial charge on any atom is 0.125 e. The summed E-state index contributed by atoms with van der Waals surface area (Å²) >= 11 is 3.37. The first-order valence-corrected chi connectivity index (χ1v) is 6.63. The van der Waals surface area contributed by atoms with E-state index in [-0.39, 0.29) is 5.41 Å². The molecule has 0 radical (unpaired) electrons. The third kappa shape index (κ3) is 3.29. The lowest BCUT2D eigenvalue weighted by Gasteiger charge is -2.25. The van der Waals surface area contributed by atoms with Gasteiger partial charge in [-0.2, -0.15) is 0 Å². The fourth-order valence-corrected chi connectivity index (χ4v) is 1.89. The zero-order valence-electron chi connectivity index (χ0n) is 10.5. The van der Waals surface area contributed by atoms with Crippen molar-refractivity contribution in [2.75, 3.05) is 11.9 Å². The van der Waals surface area contributed by atoms with E-state index in [0.29, 0.717) is 0 Å². The number of anilines is 1. The van der Waals surface area contributed by atoms with Crippen molar-refractivity contribution in [1.29, 1.82) is 0 Å². The zero-order chi connectivity index (χ0) is 13.0. The van der Waals surface area contributed by atoms with Gasteiger partial charge in [-0.25, -0.2) is 4.98 Å². The number of pyridine rings is 2. The van der Waals surface area contributed by atoms with Crippen LogP contribution in [0, 0.1) is 0 Å². The smallest absolute Gasteiger partial charge is 0.125 e. The average molecular weight is 306 g/mol. The van der Waals surface area contributed by atoms with E-state index in [9.17, 15) is 0 Å². The van der Waals surface area contributed by atoms with E-state index in [4.69, 9.17) is 0 Å². The molecule has 0 fully saturated rings. The highest BCUT2D eigenvalue weighted by molar-refractivity contribution is 9.10. The molecule has 18 heavy (non-hydrogen) atoms. The summed E-state index contributed by atoms with van der Waals surface area (Å²) in [6, 6.07) is 8.01. The first-order chi connectivity index (χ1) is 8.58. The molecule has 0 unspecified atom stereocenters. The van der Waals surface area contributed by atoms with E-state index in [1.54, 1.807) is 12.4 Å². The summed E-state index contributed by atoms with van der Waals surface area (Å²) in [4.78, 5) is 8.47. The van der Waals surface area contributed by atoms with Crippen molar-refractivity contribution in [1.82, 2.24) is 9.97 Å².